The molecule has 0 N–H and O–H groups in total. The maximum absolute atomic E-state index is 12.6. The van der Waals surface area contributed by atoms with Crippen LogP contribution >= 0.6 is 0 Å². The van der Waals surface area contributed by atoms with Crippen LogP contribution in [0.5, 0.6) is 0 Å². The van der Waals surface area contributed by atoms with Gasteiger partial charge in [0.25, 0.3) is 0 Å². The Morgan fingerprint density at radius 2 is 2.21 bits per heavy atom. The van der Waals surface area contributed by atoms with Crippen molar-refractivity contribution >= 4 is 5.91 Å². The number of hydrogen-bond donors (Lipinski definition) is 0. The molecule has 0 radical (unpaired) electrons. The standard InChI is InChI=1S/C17H25N5O2/c1-11(2)16-18-17(24-20-16)14-6-5-7-21(9-14)15(23)10-22-13(4)8-12(3)19-22/h8,11,14H,5-7,9-10H2,1-4H3/t14-/m1/s1. The van der Waals surface area contributed by atoms with Gasteiger partial charge in [0.1, 0.15) is 6.54 Å². The van der Waals surface area contributed by atoms with Crippen LogP contribution < -0.4 is 0 Å². The Balaban J connectivity index is 1.66. The van der Waals surface area contributed by atoms with E-state index in [4.69, 9.17) is 4.52 Å². The van der Waals surface area contributed by atoms with Crippen LogP contribution in [-0.4, -0.2) is 43.8 Å². The summed E-state index contributed by atoms with van der Waals surface area (Å²) in [4.78, 5) is 19.0. The van der Waals surface area contributed by atoms with E-state index in [0.29, 0.717) is 12.4 Å². The summed E-state index contributed by atoms with van der Waals surface area (Å²) in [5, 5.41) is 8.41. The van der Waals surface area contributed by atoms with Crippen LogP contribution in [0.4, 0.5) is 0 Å². The minimum Gasteiger partial charge on any atom is -0.340 e. The Bertz CT molecular complexity index is 718. The van der Waals surface area contributed by atoms with Crippen molar-refractivity contribution in [3.05, 3.63) is 29.2 Å². The molecular weight excluding hydrogens is 306 g/mol. The minimum absolute atomic E-state index is 0.0921. The van der Waals surface area contributed by atoms with Crippen LogP contribution in [0.25, 0.3) is 0 Å². The van der Waals surface area contributed by atoms with Crippen LogP contribution in [0.1, 0.15) is 61.6 Å². The molecule has 0 aliphatic carbocycles. The van der Waals surface area contributed by atoms with Crippen LogP contribution in [0.15, 0.2) is 10.6 Å². The van der Waals surface area contributed by atoms with Crippen LogP contribution in [0, 0.1) is 13.8 Å². The van der Waals surface area contributed by atoms with Crippen LogP contribution in [-0.2, 0) is 11.3 Å². The molecule has 0 spiro atoms. The number of carbonyl (C=O) groups excluding carboxylic acids is 1. The predicted molar refractivity (Wildman–Crippen MR) is 88.6 cm³/mol. The van der Waals surface area contributed by atoms with Crippen molar-refractivity contribution in [2.45, 2.75) is 58.9 Å². The number of piperidine rings is 1. The third kappa shape index (κ3) is 3.49. The van der Waals surface area contributed by atoms with Gasteiger partial charge in [-0.3, -0.25) is 9.48 Å². The Kier molecular flexibility index (Phi) is 4.69. The summed E-state index contributed by atoms with van der Waals surface area (Å²) in [5.41, 5.74) is 1.94. The zero-order valence-corrected chi connectivity index (χ0v) is 14.8. The molecule has 3 rings (SSSR count). The Labute approximate surface area is 142 Å². The lowest BCUT2D eigenvalue weighted by Crippen LogP contribution is -2.41. The topological polar surface area (TPSA) is 77.0 Å². The number of hydrogen-bond acceptors (Lipinski definition) is 5. The fraction of sp³-hybridized carbons (Fsp3) is 0.647. The lowest BCUT2D eigenvalue weighted by atomic mass is 9.98. The van der Waals surface area contributed by atoms with Crippen LogP contribution in [0.2, 0.25) is 0 Å². The van der Waals surface area contributed by atoms with Gasteiger partial charge in [0.2, 0.25) is 11.8 Å². The fourth-order valence-electron chi connectivity index (χ4n) is 3.12. The van der Waals surface area contributed by atoms with Crippen molar-refractivity contribution in [2.24, 2.45) is 0 Å². The van der Waals surface area contributed by atoms with Gasteiger partial charge in [-0.2, -0.15) is 10.1 Å². The third-order valence-corrected chi connectivity index (χ3v) is 4.49. The maximum atomic E-state index is 12.6. The smallest absolute Gasteiger partial charge is 0.244 e. The van der Waals surface area contributed by atoms with E-state index in [1.807, 2.05) is 38.7 Å². The highest BCUT2D eigenvalue weighted by molar-refractivity contribution is 5.76. The maximum Gasteiger partial charge on any atom is 0.244 e. The summed E-state index contributed by atoms with van der Waals surface area (Å²) >= 11 is 0. The van der Waals surface area contributed by atoms with Gasteiger partial charge in [-0.15, -0.1) is 0 Å². The van der Waals surface area contributed by atoms with Gasteiger partial charge in [-0.05, 0) is 32.8 Å². The van der Waals surface area contributed by atoms with E-state index in [1.54, 1.807) is 4.68 Å². The summed E-state index contributed by atoms with van der Waals surface area (Å²) in [6.45, 7) is 9.69. The molecule has 1 aliphatic rings. The van der Waals surface area contributed by atoms with Crippen molar-refractivity contribution in [3.63, 3.8) is 0 Å². The molecule has 24 heavy (non-hydrogen) atoms. The zero-order chi connectivity index (χ0) is 17.3. The summed E-state index contributed by atoms with van der Waals surface area (Å²) in [6, 6.07) is 1.98. The molecule has 130 valence electrons. The number of aromatic nitrogens is 4. The van der Waals surface area contributed by atoms with Crippen molar-refractivity contribution in [2.75, 3.05) is 13.1 Å². The molecule has 7 heteroatoms. The monoisotopic (exact) mass is 331 g/mol. The highest BCUT2D eigenvalue weighted by Gasteiger charge is 2.29. The van der Waals surface area contributed by atoms with E-state index in [-0.39, 0.29) is 24.3 Å². The molecule has 2 aromatic rings. The van der Waals surface area contributed by atoms with E-state index in [1.165, 1.54) is 0 Å². The number of likely N-dealkylation sites (tertiary alicyclic amines) is 1. The minimum atomic E-state index is 0.0921. The van der Waals surface area contributed by atoms with Gasteiger partial charge in [0, 0.05) is 24.7 Å². The van der Waals surface area contributed by atoms with Crippen molar-refractivity contribution < 1.29 is 9.32 Å². The third-order valence-electron chi connectivity index (χ3n) is 4.49. The molecule has 1 amide bonds. The predicted octanol–water partition coefficient (Wildman–Crippen LogP) is 2.41. The van der Waals surface area contributed by atoms with Crippen LogP contribution in [0.3, 0.4) is 0 Å². The number of amides is 1. The number of aryl methyl sites for hydroxylation is 2. The first-order valence-corrected chi connectivity index (χ1v) is 8.56. The lowest BCUT2D eigenvalue weighted by Gasteiger charge is -2.31. The lowest BCUT2D eigenvalue weighted by molar-refractivity contribution is -0.133. The molecule has 1 saturated heterocycles. The van der Waals surface area contributed by atoms with E-state index < -0.39 is 0 Å². The summed E-state index contributed by atoms with van der Waals surface area (Å²) in [5.74, 6) is 1.85. The highest BCUT2D eigenvalue weighted by Crippen LogP contribution is 2.27. The first kappa shape index (κ1) is 16.7. The first-order valence-electron chi connectivity index (χ1n) is 8.56. The number of carbonyl (C=O) groups is 1. The van der Waals surface area contributed by atoms with Gasteiger partial charge in [-0.25, -0.2) is 0 Å². The molecule has 0 unspecified atom stereocenters. The summed E-state index contributed by atoms with van der Waals surface area (Å²) in [6.07, 6.45) is 1.93. The molecule has 3 heterocycles. The average Bonchev–Trinajstić information content (AvgIpc) is 3.15. The molecule has 1 atom stereocenters. The number of nitrogens with zero attached hydrogens (tertiary/aromatic N) is 5. The normalized spacial score (nSPS) is 18.4. The Morgan fingerprint density at radius 1 is 1.42 bits per heavy atom. The molecule has 1 fully saturated rings. The second kappa shape index (κ2) is 6.75. The van der Waals surface area contributed by atoms with Gasteiger partial charge >= 0.3 is 0 Å². The average molecular weight is 331 g/mol. The SMILES string of the molecule is Cc1cc(C)n(CC(=O)N2CCC[C@@H](c3nc(C(C)C)no3)C2)n1. The Morgan fingerprint density at radius 3 is 2.83 bits per heavy atom. The van der Waals surface area contributed by atoms with E-state index in [0.717, 1.165) is 36.6 Å². The fourth-order valence-corrected chi connectivity index (χ4v) is 3.12. The van der Waals surface area contributed by atoms with E-state index >= 15 is 0 Å². The first-order chi connectivity index (χ1) is 11.4. The largest absolute Gasteiger partial charge is 0.340 e. The second-order valence-corrected chi connectivity index (χ2v) is 6.91. The van der Waals surface area contributed by atoms with Gasteiger partial charge < -0.3 is 9.42 Å². The van der Waals surface area contributed by atoms with Gasteiger partial charge in [0.15, 0.2) is 5.82 Å². The van der Waals surface area contributed by atoms with Crippen molar-refractivity contribution in [3.8, 4) is 0 Å². The Hall–Kier alpha value is -2.18. The van der Waals surface area contributed by atoms with Gasteiger partial charge in [0.05, 0.1) is 11.6 Å². The van der Waals surface area contributed by atoms with E-state index in [2.05, 4.69) is 15.2 Å². The van der Waals surface area contributed by atoms with Crippen molar-refractivity contribution in [1.29, 1.82) is 0 Å². The summed E-state index contributed by atoms with van der Waals surface area (Å²) in [7, 11) is 0. The zero-order valence-electron chi connectivity index (χ0n) is 14.8. The number of rotatable bonds is 4. The van der Waals surface area contributed by atoms with Gasteiger partial charge in [-0.1, -0.05) is 19.0 Å². The molecule has 7 nitrogen and oxygen atoms in total. The molecule has 2 aromatic heterocycles. The molecule has 0 aromatic carbocycles. The second-order valence-electron chi connectivity index (χ2n) is 6.91. The summed E-state index contributed by atoms with van der Waals surface area (Å²) < 4.78 is 7.19. The molecule has 0 bridgehead atoms. The quantitative estimate of drug-likeness (QED) is 0.860. The molecule has 0 saturated carbocycles. The highest BCUT2D eigenvalue weighted by atomic mass is 16.5. The van der Waals surface area contributed by atoms with E-state index in [9.17, 15) is 4.79 Å². The van der Waals surface area contributed by atoms with Crippen molar-refractivity contribution in [1.82, 2.24) is 24.8 Å². The molecule has 1 aliphatic heterocycles. The molecular formula is C17H25N5O2.